The maximum Gasteiger partial charge on any atom is 0.246 e. The summed E-state index contributed by atoms with van der Waals surface area (Å²) in [5.41, 5.74) is 2.77. The summed E-state index contributed by atoms with van der Waals surface area (Å²) in [4.78, 5) is 5.37. The molecular formula is C17H17NO2. The van der Waals surface area contributed by atoms with Crippen LogP contribution in [-0.2, 0) is 4.84 Å². The molecule has 3 rings (SSSR count). The molecule has 1 aliphatic heterocycles. The van der Waals surface area contributed by atoms with Crippen LogP contribution in [0.5, 0.6) is 0 Å². The summed E-state index contributed by atoms with van der Waals surface area (Å²) in [5, 5.41) is 14.9. The van der Waals surface area contributed by atoms with Gasteiger partial charge in [0.1, 0.15) is 5.71 Å². The van der Waals surface area contributed by atoms with Crippen molar-refractivity contribution in [2.45, 2.75) is 25.0 Å². The number of nitrogens with zero attached hydrogens (tertiary/aromatic N) is 1. The Morgan fingerprint density at radius 2 is 1.65 bits per heavy atom. The smallest absolute Gasteiger partial charge is 0.246 e. The Morgan fingerprint density at radius 3 is 2.25 bits per heavy atom. The predicted octanol–water partition coefficient (Wildman–Crippen LogP) is 3.30. The van der Waals surface area contributed by atoms with E-state index >= 15 is 0 Å². The molecule has 0 saturated heterocycles. The summed E-state index contributed by atoms with van der Waals surface area (Å²) in [6.45, 7) is 1.90. The minimum atomic E-state index is -1.27. The van der Waals surface area contributed by atoms with Crippen molar-refractivity contribution in [1.29, 1.82) is 0 Å². The molecule has 0 aliphatic carbocycles. The second-order valence-corrected chi connectivity index (χ2v) is 4.98. The average Bonchev–Trinajstić information content (AvgIpc) is 2.87. The number of hydrogen-bond donors (Lipinski definition) is 1. The van der Waals surface area contributed by atoms with E-state index in [-0.39, 0.29) is 5.92 Å². The number of benzene rings is 2. The summed E-state index contributed by atoms with van der Waals surface area (Å²) >= 11 is 0. The van der Waals surface area contributed by atoms with Crippen molar-refractivity contribution in [3.05, 3.63) is 71.8 Å². The molecule has 102 valence electrons. The first-order valence-corrected chi connectivity index (χ1v) is 6.83. The van der Waals surface area contributed by atoms with Gasteiger partial charge in [0.25, 0.3) is 0 Å². The van der Waals surface area contributed by atoms with Crippen LogP contribution >= 0.6 is 0 Å². The van der Waals surface area contributed by atoms with Crippen LogP contribution in [0.2, 0.25) is 0 Å². The van der Waals surface area contributed by atoms with Gasteiger partial charge >= 0.3 is 0 Å². The van der Waals surface area contributed by atoms with Gasteiger partial charge in [-0.2, -0.15) is 0 Å². The molecule has 1 aliphatic rings. The molecule has 3 nitrogen and oxygen atoms in total. The van der Waals surface area contributed by atoms with Crippen LogP contribution in [0, 0.1) is 0 Å². The molecule has 0 spiro atoms. The highest BCUT2D eigenvalue weighted by molar-refractivity contribution is 6.06. The topological polar surface area (TPSA) is 41.8 Å². The lowest BCUT2D eigenvalue weighted by Gasteiger charge is -2.27. The maximum absolute atomic E-state index is 10.7. The molecule has 2 unspecified atom stereocenters. The first kappa shape index (κ1) is 12.9. The molecule has 20 heavy (non-hydrogen) atoms. The summed E-state index contributed by atoms with van der Waals surface area (Å²) in [5.74, 6) is -1.54. The Balaban J connectivity index is 2.07. The first-order chi connectivity index (χ1) is 9.74. The van der Waals surface area contributed by atoms with Crippen LogP contribution < -0.4 is 0 Å². The standard InChI is InChI=1S/C17H17NO2/c1-2-17(19)15(13-9-5-3-6-10-13)16(18-20-17)14-11-7-4-8-12-14/h3-12,15,19H,2H2,1H3. The Bertz CT molecular complexity index is 609. The number of oxime groups is 1. The predicted molar refractivity (Wildman–Crippen MR) is 78.5 cm³/mol. The number of rotatable bonds is 3. The van der Waals surface area contributed by atoms with Gasteiger partial charge in [-0.05, 0) is 5.56 Å². The third-order valence-electron chi connectivity index (χ3n) is 3.74. The van der Waals surface area contributed by atoms with Gasteiger partial charge in [0.2, 0.25) is 5.79 Å². The normalized spacial score (nSPS) is 25.1. The van der Waals surface area contributed by atoms with Crippen LogP contribution in [-0.4, -0.2) is 16.6 Å². The van der Waals surface area contributed by atoms with E-state index in [4.69, 9.17) is 4.84 Å². The van der Waals surface area contributed by atoms with Gasteiger partial charge in [-0.3, -0.25) is 0 Å². The van der Waals surface area contributed by atoms with Crippen LogP contribution in [0.4, 0.5) is 0 Å². The van der Waals surface area contributed by atoms with Crippen molar-refractivity contribution in [2.24, 2.45) is 5.16 Å². The Kier molecular flexibility index (Phi) is 3.28. The monoisotopic (exact) mass is 267 g/mol. The molecule has 3 heteroatoms. The van der Waals surface area contributed by atoms with E-state index in [1.807, 2.05) is 67.6 Å². The maximum atomic E-state index is 10.7. The largest absolute Gasteiger partial charge is 0.359 e. The van der Waals surface area contributed by atoms with Gasteiger partial charge in [-0.1, -0.05) is 72.7 Å². The molecular weight excluding hydrogens is 250 g/mol. The zero-order valence-corrected chi connectivity index (χ0v) is 11.4. The molecule has 2 aromatic rings. The van der Waals surface area contributed by atoms with Crippen LogP contribution in [0.1, 0.15) is 30.4 Å². The third kappa shape index (κ3) is 2.10. The van der Waals surface area contributed by atoms with Crippen LogP contribution in [0.15, 0.2) is 65.8 Å². The summed E-state index contributed by atoms with van der Waals surface area (Å²) in [7, 11) is 0. The third-order valence-corrected chi connectivity index (χ3v) is 3.74. The lowest BCUT2D eigenvalue weighted by molar-refractivity contribution is -0.195. The van der Waals surface area contributed by atoms with Crippen molar-refractivity contribution < 1.29 is 9.94 Å². The minimum absolute atomic E-state index is 0.268. The first-order valence-electron chi connectivity index (χ1n) is 6.83. The van der Waals surface area contributed by atoms with E-state index in [9.17, 15) is 5.11 Å². The lowest BCUT2D eigenvalue weighted by atomic mass is 9.83. The van der Waals surface area contributed by atoms with Crippen molar-refractivity contribution >= 4 is 5.71 Å². The van der Waals surface area contributed by atoms with Crippen molar-refractivity contribution in [3.63, 3.8) is 0 Å². The second kappa shape index (κ2) is 5.10. The van der Waals surface area contributed by atoms with Crippen LogP contribution in [0.3, 0.4) is 0 Å². The van der Waals surface area contributed by atoms with Gasteiger partial charge in [-0.25, -0.2) is 0 Å². The molecule has 0 bridgehead atoms. The zero-order valence-electron chi connectivity index (χ0n) is 11.4. The van der Waals surface area contributed by atoms with E-state index in [1.54, 1.807) is 0 Å². The van der Waals surface area contributed by atoms with Gasteiger partial charge in [0, 0.05) is 12.0 Å². The molecule has 1 N–H and O–H groups in total. The summed E-state index contributed by atoms with van der Waals surface area (Å²) in [6, 6.07) is 19.7. The Morgan fingerprint density at radius 1 is 1.05 bits per heavy atom. The van der Waals surface area contributed by atoms with E-state index in [0.29, 0.717) is 6.42 Å². The quantitative estimate of drug-likeness (QED) is 0.927. The minimum Gasteiger partial charge on any atom is -0.359 e. The van der Waals surface area contributed by atoms with Crippen LogP contribution in [0.25, 0.3) is 0 Å². The molecule has 0 fully saturated rings. The lowest BCUT2D eigenvalue weighted by Crippen LogP contribution is -2.36. The van der Waals surface area contributed by atoms with E-state index in [1.165, 1.54) is 0 Å². The fraction of sp³-hybridized carbons (Fsp3) is 0.235. The molecule has 0 aromatic heterocycles. The highest BCUT2D eigenvalue weighted by Gasteiger charge is 2.47. The number of aliphatic hydroxyl groups is 1. The van der Waals surface area contributed by atoms with E-state index in [2.05, 4.69) is 5.16 Å². The SMILES string of the molecule is CCC1(O)ON=C(c2ccccc2)C1c1ccccc1. The molecule has 2 aromatic carbocycles. The van der Waals surface area contributed by atoms with Crippen molar-refractivity contribution in [2.75, 3.05) is 0 Å². The number of hydrogen-bond acceptors (Lipinski definition) is 3. The van der Waals surface area contributed by atoms with Gasteiger partial charge in [0.15, 0.2) is 0 Å². The molecule has 0 radical (unpaired) electrons. The Labute approximate surface area is 118 Å². The highest BCUT2D eigenvalue weighted by atomic mass is 16.7. The van der Waals surface area contributed by atoms with Crippen molar-refractivity contribution in [3.8, 4) is 0 Å². The molecule has 0 amide bonds. The van der Waals surface area contributed by atoms with E-state index < -0.39 is 5.79 Å². The summed E-state index contributed by atoms with van der Waals surface area (Å²) < 4.78 is 0. The van der Waals surface area contributed by atoms with Gasteiger partial charge in [0.05, 0.1) is 5.92 Å². The second-order valence-electron chi connectivity index (χ2n) is 4.98. The molecule has 1 heterocycles. The fourth-order valence-corrected chi connectivity index (χ4v) is 2.61. The summed E-state index contributed by atoms with van der Waals surface area (Å²) in [6.07, 6.45) is 0.479. The Hall–Kier alpha value is -2.13. The average molecular weight is 267 g/mol. The highest BCUT2D eigenvalue weighted by Crippen LogP contribution is 2.40. The van der Waals surface area contributed by atoms with E-state index in [0.717, 1.165) is 16.8 Å². The molecule has 0 saturated carbocycles. The fourth-order valence-electron chi connectivity index (χ4n) is 2.61. The van der Waals surface area contributed by atoms with Gasteiger partial charge < -0.3 is 9.94 Å². The molecule has 2 atom stereocenters. The van der Waals surface area contributed by atoms with Gasteiger partial charge in [-0.15, -0.1) is 0 Å². The van der Waals surface area contributed by atoms with Crippen molar-refractivity contribution in [1.82, 2.24) is 0 Å². The zero-order chi connectivity index (χ0) is 14.0.